The van der Waals surface area contributed by atoms with E-state index in [2.05, 4.69) is 40.6 Å². The zero-order chi connectivity index (χ0) is 17.6. The molecule has 0 bridgehead atoms. The first kappa shape index (κ1) is 16.6. The number of fused-ring (bicyclic) bond motifs is 3. The Hall–Kier alpha value is -1.89. The summed E-state index contributed by atoms with van der Waals surface area (Å²) < 4.78 is 3.24. The third-order valence-corrected chi connectivity index (χ3v) is 6.10. The lowest BCUT2D eigenvalue weighted by atomic mass is 10.1. The predicted octanol–water partition coefficient (Wildman–Crippen LogP) is 5.19. The van der Waals surface area contributed by atoms with Gasteiger partial charge >= 0.3 is 0 Å². The molecular weight excluding hydrogens is 374 g/mol. The van der Waals surface area contributed by atoms with Crippen LogP contribution in [0, 0.1) is 13.8 Å². The van der Waals surface area contributed by atoms with E-state index in [0.29, 0.717) is 16.3 Å². The predicted molar refractivity (Wildman–Crippen MR) is 104 cm³/mol. The van der Waals surface area contributed by atoms with E-state index in [1.54, 1.807) is 35.6 Å². The summed E-state index contributed by atoms with van der Waals surface area (Å²) >= 11 is 8.90. The molecule has 0 saturated carbocycles. The highest BCUT2D eigenvalue weighted by Gasteiger charge is 2.16. The highest BCUT2D eigenvalue weighted by atomic mass is 35.5. The monoisotopic (exact) mass is 387 g/mol. The maximum absolute atomic E-state index is 12.4. The van der Waals surface area contributed by atoms with E-state index in [4.69, 9.17) is 11.6 Å². The van der Waals surface area contributed by atoms with Crippen molar-refractivity contribution in [1.82, 2.24) is 14.6 Å². The summed E-state index contributed by atoms with van der Waals surface area (Å²) in [5, 5.41) is 9.90. The second-order valence-corrected chi connectivity index (χ2v) is 8.24. The van der Waals surface area contributed by atoms with Crippen molar-refractivity contribution >= 4 is 55.7 Å². The molecule has 25 heavy (non-hydrogen) atoms. The third kappa shape index (κ3) is 3.05. The molecule has 2 aromatic carbocycles. The van der Waals surface area contributed by atoms with Gasteiger partial charge in [0.05, 0.1) is 16.0 Å². The normalized spacial score (nSPS) is 11.5. The van der Waals surface area contributed by atoms with Gasteiger partial charge in [0, 0.05) is 10.6 Å². The number of benzene rings is 2. The average Bonchev–Trinajstić information content (AvgIpc) is 3.11. The number of carbonyl (C=O) groups is 1. The summed E-state index contributed by atoms with van der Waals surface area (Å²) in [6.45, 7) is 4.18. The van der Waals surface area contributed by atoms with Gasteiger partial charge in [-0.25, -0.2) is 0 Å². The first-order chi connectivity index (χ1) is 12.0. The number of hydrogen-bond donors (Lipinski definition) is 0. The van der Waals surface area contributed by atoms with Crippen molar-refractivity contribution in [2.24, 2.45) is 0 Å². The van der Waals surface area contributed by atoms with Gasteiger partial charge in [0.15, 0.2) is 10.9 Å². The molecule has 0 aliphatic rings. The summed E-state index contributed by atoms with van der Waals surface area (Å²) in [5.74, 6) is 0.357. The van der Waals surface area contributed by atoms with E-state index in [1.807, 2.05) is 0 Å². The van der Waals surface area contributed by atoms with Gasteiger partial charge < -0.3 is 0 Å². The maximum atomic E-state index is 12.4. The van der Waals surface area contributed by atoms with Crippen LogP contribution in [-0.2, 0) is 0 Å². The fourth-order valence-corrected chi connectivity index (χ4v) is 5.00. The van der Waals surface area contributed by atoms with E-state index >= 15 is 0 Å². The summed E-state index contributed by atoms with van der Waals surface area (Å²) in [7, 11) is 0. The number of ketones is 1. The zero-order valence-corrected chi connectivity index (χ0v) is 16.0. The average molecular weight is 388 g/mol. The second-order valence-electron chi connectivity index (χ2n) is 5.85. The highest BCUT2D eigenvalue weighted by Crippen LogP contribution is 2.32. The van der Waals surface area contributed by atoms with Gasteiger partial charge in [-0.05, 0) is 55.3 Å². The van der Waals surface area contributed by atoms with Crippen molar-refractivity contribution in [3.8, 4) is 0 Å². The van der Waals surface area contributed by atoms with Crippen LogP contribution in [0.5, 0.6) is 0 Å². The Bertz CT molecular complexity index is 1100. The van der Waals surface area contributed by atoms with Crippen LogP contribution in [0.3, 0.4) is 0 Å². The molecule has 0 spiro atoms. The van der Waals surface area contributed by atoms with E-state index in [0.717, 1.165) is 15.6 Å². The van der Waals surface area contributed by atoms with E-state index in [9.17, 15) is 4.79 Å². The van der Waals surface area contributed by atoms with Crippen LogP contribution in [0.1, 0.15) is 21.5 Å². The molecule has 0 aliphatic carbocycles. The van der Waals surface area contributed by atoms with E-state index < -0.39 is 0 Å². The SMILES string of the molecule is Cc1cc(C)c2c(c1)sc1nnc(SCC(=O)c3ccc(Cl)cc3)n12. The smallest absolute Gasteiger partial charge is 0.217 e. The number of thioether (sulfide) groups is 1. The summed E-state index contributed by atoms with van der Waals surface area (Å²) in [6, 6.07) is 11.3. The summed E-state index contributed by atoms with van der Waals surface area (Å²) in [5.41, 5.74) is 4.19. The number of carbonyl (C=O) groups excluding carboxylic acids is 1. The molecule has 0 N–H and O–H groups in total. The van der Waals surface area contributed by atoms with Gasteiger partial charge in [-0.3, -0.25) is 9.20 Å². The van der Waals surface area contributed by atoms with Crippen molar-refractivity contribution in [1.29, 1.82) is 0 Å². The number of nitrogens with zero attached hydrogens (tertiary/aromatic N) is 3. The van der Waals surface area contributed by atoms with Crippen LogP contribution in [0.2, 0.25) is 5.02 Å². The van der Waals surface area contributed by atoms with Crippen LogP contribution < -0.4 is 0 Å². The van der Waals surface area contributed by atoms with E-state index in [1.165, 1.54) is 27.6 Å². The Morgan fingerprint density at radius 2 is 1.96 bits per heavy atom. The van der Waals surface area contributed by atoms with Gasteiger partial charge in [0.1, 0.15) is 0 Å². The standard InChI is InChI=1S/C18H14ClN3OS2/c1-10-7-11(2)16-15(8-10)25-18-21-20-17(22(16)18)24-9-14(23)12-3-5-13(19)6-4-12/h3-8H,9H2,1-2H3. The van der Waals surface area contributed by atoms with Crippen LogP contribution >= 0.6 is 34.7 Å². The molecule has 7 heteroatoms. The number of halogens is 1. The zero-order valence-electron chi connectivity index (χ0n) is 13.6. The number of Topliss-reactive ketones (excluding diaryl/α,β-unsaturated/α-hetero) is 1. The van der Waals surface area contributed by atoms with Crippen molar-refractivity contribution in [2.45, 2.75) is 19.0 Å². The largest absolute Gasteiger partial charge is 0.293 e. The van der Waals surface area contributed by atoms with Crippen LogP contribution in [0.4, 0.5) is 0 Å². The molecule has 0 unspecified atom stereocenters. The minimum atomic E-state index is 0.0468. The number of thiazole rings is 1. The fourth-order valence-electron chi connectivity index (χ4n) is 2.84. The minimum absolute atomic E-state index is 0.0468. The Labute approximate surface area is 157 Å². The maximum Gasteiger partial charge on any atom is 0.217 e. The fraction of sp³-hybridized carbons (Fsp3) is 0.167. The second kappa shape index (κ2) is 6.44. The molecule has 2 aromatic heterocycles. The van der Waals surface area contributed by atoms with Gasteiger partial charge in [0.2, 0.25) is 4.96 Å². The van der Waals surface area contributed by atoms with Crippen molar-refractivity contribution in [3.63, 3.8) is 0 Å². The Morgan fingerprint density at radius 1 is 1.20 bits per heavy atom. The Kier molecular flexibility index (Phi) is 4.27. The van der Waals surface area contributed by atoms with Gasteiger partial charge in [0.25, 0.3) is 0 Å². The molecule has 0 atom stereocenters. The molecule has 0 saturated heterocycles. The van der Waals surface area contributed by atoms with Crippen LogP contribution in [0.25, 0.3) is 15.2 Å². The molecule has 4 rings (SSSR count). The molecule has 0 amide bonds. The number of aryl methyl sites for hydroxylation is 2. The topological polar surface area (TPSA) is 47.3 Å². The molecule has 0 radical (unpaired) electrons. The number of rotatable bonds is 4. The van der Waals surface area contributed by atoms with Gasteiger partial charge in [-0.15, -0.1) is 10.2 Å². The molecule has 2 heterocycles. The third-order valence-electron chi connectivity index (χ3n) is 3.94. The molecular formula is C18H14ClN3OS2. The molecule has 0 fully saturated rings. The van der Waals surface area contributed by atoms with Gasteiger partial charge in [-0.2, -0.15) is 0 Å². The summed E-state index contributed by atoms with van der Waals surface area (Å²) in [6.07, 6.45) is 0. The van der Waals surface area contributed by atoms with Gasteiger partial charge in [-0.1, -0.05) is 40.8 Å². The lowest BCUT2D eigenvalue weighted by Crippen LogP contribution is -2.03. The first-order valence-corrected chi connectivity index (χ1v) is 9.87. The lowest BCUT2D eigenvalue weighted by molar-refractivity contribution is 0.102. The summed E-state index contributed by atoms with van der Waals surface area (Å²) in [4.78, 5) is 13.2. The molecule has 4 nitrogen and oxygen atoms in total. The van der Waals surface area contributed by atoms with Crippen molar-refractivity contribution in [3.05, 3.63) is 58.1 Å². The molecule has 4 aromatic rings. The van der Waals surface area contributed by atoms with E-state index in [-0.39, 0.29) is 5.78 Å². The molecule has 126 valence electrons. The molecule has 0 aliphatic heterocycles. The van der Waals surface area contributed by atoms with Crippen LogP contribution in [0.15, 0.2) is 41.6 Å². The van der Waals surface area contributed by atoms with Crippen molar-refractivity contribution < 1.29 is 4.79 Å². The Morgan fingerprint density at radius 3 is 2.72 bits per heavy atom. The first-order valence-electron chi connectivity index (χ1n) is 7.69. The number of hydrogen-bond acceptors (Lipinski definition) is 5. The van der Waals surface area contributed by atoms with Crippen molar-refractivity contribution in [2.75, 3.05) is 5.75 Å². The quantitative estimate of drug-likeness (QED) is 0.357. The minimum Gasteiger partial charge on any atom is -0.293 e. The highest BCUT2D eigenvalue weighted by molar-refractivity contribution is 7.99. The van der Waals surface area contributed by atoms with Crippen LogP contribution in [-0.4, -0.2) is 26.1 Å². The lowest BCUT2D eigenvalue weighted by Gasteiger charge is -2.03. The number of aromatic nitrogens is 3. The Balaban J connectivity index is 1.65.